The first-order valence-electron chi connectivity index (χ1n) is 6.20. The highest BCUT2D eigenvalue weighted by atomic mass is 16.5. The Hall–Kier alpha value is -0.610. The predicted molar refractivity (Wildman–Crippen MR) is 64.4 cm³/mol. The van der Waals surface area contributed by atoms with Crippen molar-refractivity contribution >= 4 is 5.91 Å². The van der Waals surface area contributed by atoms with Gasteiger partial charge in [0.1, 0.15) is 0 Å². The number of carbonyl (C=O) groups excluding carboxylic acids is 1. The summed E-state index contributed by atoms with van der Waals surface area (Å²) in [5.74, 6) is 0.272. The fourth-order valence-corrected chi connectivity index (χ4v) is 2.13. The van der Waals surface area contributed by atoms with Crippen LogP contribution in [0.4, 0.5) is 0 Å². The quantitative estimate of drug-likeness (QED) is 0.738. The number of ether oxygens (including phenoxy) is 1. The molecule has 94 valence electrons. The number of methoxy groups -OCH3 is 1. The van der Waals surface area contributed by atoms with E-state index in [9.17, 15) is 4.79 Å². The second-order valence-corrected chi connectivity index (χ2v) is 4.53. The van der Waals surface area contributed by atoms with Crippen LogP contribution in [0.25, 0.3) is 0 Å². The van der Waals surface area contributed by atoms with Crippen molar-refractivity contribution in [3.05, 3.63) is 0 Å². The maximum absolute atomic E-state index is 11.5. The summed E-state index contributed by atoms with van der Waals surface area (Å²) in [6.45, 7) is 6.65. The molecule has 0 saturated carbocycles. The van der Waals surface area contributed by atoms with Crippen molar-refractivity contribution in [3.63, 3.8) is 0 Å². The molecule has 0 aromatic heterocycles. The van der Waals surface area contributed by atoms with E-state index in [1.54, 1.807) is 7.11 Å². The number of carbonyl (C=O) groups is 1. The molecule has 1 rings (SSSR count). The fourth-order valence-electron chi connectivity index (χ4n) is 2.13. The summed E-state index contributed by atoms with van der Waals surface area (Å²) in [4.78, 5) is 13.5. The van der Waals surface area contributed by atoms with Crippen molar-refractivity contribution in [3.8, 4) is 0 Å². The normalized spacial score (nSPS) is 22.4. The molecular formula is C12H24N2O2. The van der Waals surface area contributed by atoms with Gasteiger partial charge in [0.05, 0.1) is 0 Å². The van der Waals surface area contributed by atoms with Crippen LogP contribution in [-0.4, -0.2) is 49.7 Å². The van der Waals surface area contributed by atoms with Crippen molar-refractivity contribution in [2.75, 3.05) is 26.8 Å². The average molecular weight is 228 g/mol. The number of rotatable bonds is 6. The molecule has 4 heteroatoms. The van der Waals surface area contributed by atoms with E-state index < -0.39 is 0 Å². The summed E-state index contributed by atoms with van der Waals surface area (Å²) in [6, 6.07) is 0.920. The molecule has 1 amide bonds. The van der Waals surface area contributed by atoms with Gasteiger partial charge >= 0.3 is 0 Å². The van der Waals surface area contributed by atoms with Crippen molar-refractivity contribution in [2.45, 2.75) is 45.2 Å². The van der Waals surface area contributed by atoms with Gasteiger partial charge in [0.2, 0.25) is 5.91 Å². The van der Waals surface area contributed by atoms with E-state index in [0.29, 0.717) is 18.5 Å². The van der Waals surface area contributed by atoms with E-state index in [4.69, 9.17) is 4.74 Å². The van der Waals surface area contributed by atoms with E-state index in [2.05, 4.69) is 12.2 Å². The van der Waals surface area contributed by atoms with Crippen LogP contribution in [0.2, 0.25) is 0 Å². The van der Waals surface area contributed by atoms with Gasteiger partial charge in [0.25, 0.3) is 0 Å². The first kappa shape index (κ1) is 13.5. The molecule has 1 aliphatic heterocycles. The number of likely N-dealkylation sites (tertiary alicyclic amines) is 1. The van der Waals surface area contributed by atoms with Crippen LogP contribution in [0.1, 0.15) is 33.1 Å². The Balaban J connectivity index is 2.23. The molecule has 1 saturated heterocycles. The lowest BCUT2D eigenvalue weighted by Gasteiger charge is -2.20. The van der Waals surface area contributed by atoms with Gasteiger partial charge in [-0.15, -0.1) is 0 Å². The van der Waals surface area contributed by atoms with Crippen molar-refractivity contribution in [1.82, 2.24) is 10.2 Å². The number of hydrogen-bond donors (Lipinski definition) is 1. The number of nitrogens with one attached hydrogen (secondary N) is 1. The van der Waals surface area contributed by atoms with Gasteiger partial charge in [-0.1, -0.05) is 6.92 Å². The summed E-state index contributed by atoms with van der Waals surface area (Å²) < 4.78 is 5.05. The average Bonchev–Trinajstić information content (AvgIpc) is 2.73. The Bertz CT molecular complexity index is 221. The Morgan fingerprint density at radius 3 is 3.00 bits per heavy atom. The first-order chi connectivity index (χ1) is 7.67. The highest BCUT2D eigenvalue weighted by Gasteiger charge is 2.25. The van der Waals surface area contributed by atoms with Gasteiger partial charge < -0.3 is 15.0 Å². The van der Waals surface area contributed by atoms with Gasteiger partial charge in [0, 0.05) is 45.3 Å². The van der Waals surface area contributed by atoms with Crippen LogP contribution in [0.3, 0.4) is 0 Å². The molecular weight excluding hydrogens is 204 g/mol. The summed E-state index contributed by atoms with van der Waals surface area (Å²) in [5.41, 5.74) is 0. The van der Waals surface area contributed by atoms with Crippen LogP contribution < -0.4 is 5.32 Å². The number of amides is 1. The molecule has 0 aromatic rings. The van der Waals surface area contributed by atoms with E-state index in [0.717, 1.165) is 32.5 Å². The largest absolute Gasteiger partial charge is 0.385 e. The highest BCUT2D eigenvalue weighted by Crippen LogP contribution is 2.11. The third-order valence-corrected chi connectivity index (χ3v) is 3.12. The Labute approximate surface area is 98.3 Å². The molecule has 1 aliphatic rings. The van der Waals surface area contributed by atoms with E-state index >= 15 is 0 Å². The standard InChI is InChI=1S/C12H24N2O2/c1-4-12(15)14-7-5-11(9-14)13-10(2)6-8-16-3/h10-11,13H,4-9H2,1-3H3. The van der Waals surface area contributed by atoms with Crippen LogP contribution in [0, 0.1) is 0 Å². The summed E-state index contributed by atoms with van der Waals surface area (Å²) in [5, 5.41) is 3.55. The lowest BCUT2D eigenvalue weighted by Crippen LogP contribution is -2.40. The van der Waals surface area contributed by atoms with Gasteiger partial charge in [0.15, 0.2) is 0 Å². The molecule has 0 radical (unpaired) electrons. The molecule has 4 nitrogen and oxygen atoms in total. The molecule has 0 aliphatic carbocycles. The fraction of sp³-hybridized carbons (Fsp3) is 0.917. The van der Waals surface area contributed by atoms with E-state index in [1.807, 2.05) is 11.8 Å². The van der Waals surface area contributed by atoms with Gasteiger partial charge in [-0.25, -0.2) is 0 Å². The Morgan fingerprint density at radius 1 is 1.62 bits per heavy atom. The molecule has 1 fully saturated rings. The Morgan fingerprint density at radius 2 is 2.38 bits per heavy atom. The lowest BCUT2D eigenvalue weighted by molar-refractivity contribution is -0.129. The summed E-state index contributed by atoms with van der Waals surface area (Å²) >= 11 is 0. The second-order valence-electron chi connectivity index (χ2n) is 4.53. The van der Waals surface area contributed by atoms with Crippen molar-refractivity contribution < 1.29 is 9.53 Å². The smallest absolute Gasteiger partial charge is 0.222 e. The van der Waals surface area contributed by atoms with Crippen LogP contribution in [0.15, 0.2) is 0 Å². The van der Waals surface area contributed by atoms with Crippen LogP contribution in [0.5, 0.6) is 0 Å². The predicted octanol–water partition coefficient (Wildman–Crippen LogP) is 1.01. The molecule has 0 aromatic carbocycles. The molecule has 1 N–H and O–H groups in total. The van der Waals surface area contributed by atoms with Gasteiger partial charge in [-0.05, 0) is 19.8 Å². The maximum Gasteiger partial charge on any atom is 0.222 e. The zero-order valence-corrected chi connectivity index (χ0v) is 10.7. The molecule has 2 unspecified atom stereocenters. The molecule has 1 heterocycles. The van der Waals surface area contributed by atoms with Gasteiger partial charge in [-0.3, -0.25) is 4.79 Å². The Kier molecular flexibility index (Phi) is 5.77. The second kappa shape index (κ2) is 6.86. The summed E-state index contributed by atoms with van der Waals surface area (Å²) in [6.07, 6.45) is 2.71. The first-order valence-corrected chi connectivity index (χ1v) is 6.20. The third-order valence-electron chi connectivity index (χ3n) is 3.12. The molecule has 16 heavy (non-hydrogen) atoms. The third kappa shape index (κ3) is 4.10. The SMILES string of the molecule is CCC(=O)N1CCC(NC(C)CCOC)C1. The molecule has 0 spiro atoms. The zero-order valence-electron chi connectivity index (χ0n) is 10.7. The zero-order chi connectivity index (χ0) is 12.0. The maximum atomic E-state index is 11.5. The van der Waals surface area contributed by atoms with Crippen LogP contribution >= 0.6 is 0 Å². The monoisotopic (exact) mass is 228 g/mol. The van der Waals surface area contributed by atoms with Gasteiger partial charge in [-0.2, -0.15) is 0 Å². The van der Waals surface area contributed by atoms with Crippen molar-refractivity contribution in [1.29, 1.82) is 0 Å². The minimum absolute atomic E-state index is 0.272. The minimum Gasteiger partial charge on any atom is -0.385 e. The van der Waals surface area contributed by atoms with Crippen molar-refractivity contribution in [2.24, 2.45) is 0 Å². The number of hydrogen-bond acceptors (Lipinski definition) is 3. The highest BCUT2D eigenvalue weighted by molar-refractivity contribution is 5.76. The topological polar surface area (TPSA) is 41.6 Å². The molecule has 2 atom stereocenters. The molecule has 0 bridgehead atoms. The van der Waals surface area contributed by atoms with Crippen LogP contribution in [-0.2, 0) is 9.53 Å². The number of nitrogens with zero attached hydrogens (tertiary/aromatic N) is 1. The van der Waals surface area contributed by atoms with E-state index in [-0.39, 0.29) is 5.91 Å². The van der Waals surface area contributed by atoms with E-state index in [1.165, 1.54) is 0 Å². The lowest BCUT2D eigenvalue weighted by atomic mass is 10.2. The minimum atomic E-state index is 0.272. The summed E-state index contributed by atoms with van der Waals surface area (Å²) in [7, 11) is 1.73.